The van der Waals surface area contributed by atoms with E-state index in [0.717, 1.165) is 50.4 Å². The van der Waals surface area contributed by atoms with Crippen LogP contribution in [0, 0.1) is 6.92 Å². The zero-order valence-corrected chi connectivity index (χ0v) is 29.5. The third kappa shape index (κ3) is 8.49. The summed E-state index contributed by atoms with van der Waals surface area (Å²) < 4.78 is 11.9. The van der Waals surface area contributed by atoms with Crippen LogP contribution in [0.2, 0.25) is 13.3 Å². The Labute approximate surface area is 259 Å². The van der Waals surface area contributed by atoms with Crippen LogP contribution in [0.15, 0.2) is 65.3 Å². The van der Waals surface area contributed by atoms with Gasteiger partial charge in [-0.25, -0.2) is 0 Å². The van der Waals surface area contributed by atoms with Gasteiger partial charge in [0, 0.05) is 0 Å². The molecule has 1 aliphatic rings. The van der Waals surface area contributed by atoms with Gasteiger partial charge < -0.3 is 0 Å². The molecule has 2 aromatic heterocycles. The predicted molar refractivity (Wildman–Crippen MR) is 179 cm³/mol. The summed E-state index contributed by atoms with van der Waals surface area (Å²) >= 11 is -2.50. The number of unbranched alkanes of at least 4 members (excludes halogenated alkanes) is 3. The summed E-state index contributed by atoms with van der Waals surface area (Å²) in [5.41, 5.74) is 2.55. The monoisotopic (exact) mass is 679 g/mol. The molecule has 0 bridgehead atoms. The minimum atomic E-state index is -2.50. The number of likely N-dealkylation sites (tertiary alicyclic amines) is 1. The number of aryl methyl sites for hydroxylation is 1. The van der Waals surface area contributed by atoms with E-state index in [1.807, 2.05) is 33.6 Å². The number of aromatic nitrogens is 1. The van der Waals surface area contributed by atoms with Gasteiger partial charge in [0.25, 0.3) is 0 Å². The third-order valence-corrected chi connectivity index (χ3v) is 25.2. The van der Waals surface area contributed by atoms with Crippen molar-refractivity contribution in [1.82, 2.24) is 9.88 Å². The summed E-state index contributed by atoms with van der Waals surface area (Å²) in [5, 5.41) is 0. The van der Waals surface area contributed by atoms with Gasteiger partial charge in [0.05, 0.1) is 6.26 Å². The molecule has 6 heteroatoms. The Balaban J connectivity index is 1.46. The fraction of sp³-hybridized carbons (Fsp3) is 0.556. The number of piperidine rings is 1. The molecule has 5 nitrogen and oxygen atoms in total. The van der Waals surface area contributed by atoms with Crippen molar-refractivity contribution in [3.05, 3.63) is 77.9 Å². The predicted octanol–water partition coefficient (Wildman–Crippen LogP) is 8.39. The molecule has 3 heterocycles. The molecule has 1 saturated heterocycles. The second kappa shape index (κ2) is 16.7. The number of hydrogen-bond acceptors (Lipinski definition) is 4. The van der Waals surface area contributed by atoms with Crippen LogP contribution >= 0.6 is 0 Å². The van der Waals surface area contributed by atoms with Crippen molar-refractivity contribution in [3.63, 3.8) is 0 Å². The molecule has 0 unspecified atom stereocenters. The molecule has 228 valence electrons. The average Bonchev–Trinajstić information content (AvgIpc) is 3.56. The fourth-order valence-corrected chi connectivity index (χ4v) is 24.0. The van der Waals surface area contributed by atoms with Crippen LogP contribution in [0.3, 0.4) is 0 Å². The number of nitrogens with zero attached hydrogens (tertiary/aromatic N) is 3. The van der Waals surface area contributed by atoms with E-state index in [4.69, 9.17) is 9.40 Å². The number of benzene rings is 1. The van der Waals surface area contributed by atoms with E-state index in [0.29, 0.717) is 5.76 Å². The quantitative estimate of drug-likeness (QED) is 0.143. The minimum absolute atomic E-state index is 0.0967. The maximum atomic E-state index is 13.6. The molecule has 4 rings (SSSR count). The molecule has 0 aliphatic carbocycles. The molecule has 0 spiro atoms. The van der Waals surface area contributed by atoms with Gasteiger partial charge in [-0.05, 0) is 19.1 Å². The van der Waals surface area contributed by atoms with Crippen LogP contribution in [-0.4, -0.2) is 59.8 Å². The first-order chi connectivity index (χ1) is 20.5. The van der Waals surface area contributed by atoms with E-state index in [9.17, 15) is 4.79 Å². The number of carbonyl (C=O) groups excluding carboxylic acids is 1. The van der Waals surface area contributed by atoms with Gasteiger partial charge in [-0.15, -0.1) is 0 Å². The van der Waals surface area contributed by atoms with E-state index in [1.165, 1.54) is 51.8 Å². The third-order valence-electron chi connectivity index (χ3n) is 9.31. The van der Waals surface area contributed by atoms with Crippen molar-refractivity contribution in [1.29, 1.82) is 0 Å². The SMILES string of the molecule is CCC[CH2][Sn]([CH2]CCC)([CH2]CCC)[c]1ccccc1CCN1CCC(N(C(=O)c2ccco2)c2cccc(C)n2)CC1. The summed E-state index contributed by atoms with van der Waals surface area (Å²) in [6, 6.07) is 19.1. The summed E-state index contributed by atoms with van der Waals surface area (Å²) in [6.07, 6.45) is 12.7. The van der Waals surface area contributed by atoms with Gasteiger partial charge in [-0.3, -0.25) is 0 Å². The molecule has 1 aliphatic heterocycles. The van der Waals surface area contributed by atoms with Crippen molar-refractivity contribution in [3.8, 4) is 0 Å². The van der Waals surface area contributed by atoms with Crippen LogP contribution in [0.4, 0.5) is 5.82 Å². The van der Waals surface area contributed by atoms with Gasteiger partial charge in [0.2, 0.25) is 0 Å². The zero-order chi connectivity index (χ0) is 29.8. The van der Waals surface area contributed by atoms with E-state index in [1.54, 1.807) is 24.0 Å². The molecule has 1 aromatic carbocycles. The molecule has 1 amide bonds. The maximum absolute atomic E-state index is 13.6. The molecule has 0 saturated carbocycles. The van der Waals surface area contributed by atoms with Crippen LogP contribution in [0.1, 0.15) is 93.9 Å². The van der Waals surface area contributed by atoms with Crippen LogP contribution in [0.25, 0.3) is 0 Å². The average molecular weight is 679 g/mol. The number of anilines is 1. The van der Waals surface area contributed by atoms with Gasteiger partial charge in [0.1, 0.15) is 0 Å². The second-order valence-corrected chi connectivity index (χ2v) is 25.5. The molecule has 3 aromatic rings. The Morgan fingerprint density at radius 3 is 2.17 bits per heavy atom. The number of pyridine rings is 1. The summed E-state index contributed by atoms with van der Waals surface area (Å²) in [7, 11) is 0. The van der Waals surface area contributed by atoms with Crippen molar-refractivity contribution in [2.24, 2.45) is 0 Å². The Morgan fingerprint density at radius 2 is 1.57 bits per heavy atom. The van der Waals surface area contributed by atoms with Gasteiger partial charge in [0.15, 0.2) is 0 Å². The number of carbonyl (C=O) groups is 1. The Kier molecular flexibility index (Phi) is 13.0. The first kappa shape index (κ1) is 32.8. The molecule has 1 fully saturated rings. The van der Waals surface area contributed by atoms with E-state index in [2.05, 4.69) is 49.9 Å². The Bertz CT molecular complexity index is 1200. The van der Waals surface area contributed by atoms with E-state index in [-0.39, 0.29) is 11.9 Å². The van der Waals surface area contributed by atoms with Crippen molar-refractivity contribution >= 4 is 33.7 Å². The Morgan fingerprint density at radius 1 is 0.905 bits per heavy atom. The van der Waals surface area contributed by atoms with Gasteiger partial charge in [-0.1, -0.05) is 0 Å². The molecular formula is C36H53N3O2Sn. The van der Waals surface area contributed by atoms with Crippen molar-refractivity contribution in [2.75, 3.05) is 24.5 Å². The molecule has 42 heavy (non-hydrogen) atoms. The fourth-order valence-electron chi connectivity index (χ4n) is 6.90. The summed E-state index contributed by atoms with van der Waals surface area (Å²) in [5.74, 6) is 1.00. The molecule has 0 radical (unpaired) electrons. The van der Waals surface area contributed by atoms with Crippen molar-refractivity contribution < 1.29 is 9.21 Å². The Hall–Kier alpha value is -2.12. The number of amides is 1. The number of furan rings is 1. The summed E-state index contributed by atoms with van der Waals surface area (Å²) in [4.78, 5) is 22.8. The van der Waals surface area contributed by atoms with E-state index < -0.39 is 18.4 Å². The number of rotatable bonds is 16. The summed E-state index contributed by atoms with van der Waals surface area (Å²) in [6.45, 7) is 12.2. The van der Waals surface area contributed by atoms with Gasteiger partial charge in [-0.2, -0.15) is 0 Å². The molecular weight excluding hydrogens is 625 g/mol. The number of hydrogen-bond donors (Lipinski definition) is 0. The standard InChI is InChI=1S/C24H26N3O2.3C4H9.Sn/c1-19-7-5-11-23(25-19)27(24(28)22-10-6-18-29-22)21-13-16-26(17-14-21)15-12-20-8-3-2-4-9-20;3*1-3-4-2;/h2-8,10-11,18,21H,12-17H2,1H3;3*1,3-4H2,2H3;. The molecule has 0 N–H and O–H groups in total. The van der Waals surface area contributed by atoms with Crippen molar-refractivity contribution in [2.45, 2.75) is 105 Å². The van der Waals surface area contributed by atoms with Crippen LogP contribution in [-0.2, 0) is 6.42 Å². The first-order valence-electron chi connectivity index (χ1n) is 16.6. The van der Waals surface area contributed by atoms with Crippen LogP contribution in [0.5, 0.6) is 0 Å². The second-order valence-electron chi connectivity index (χ2n) is 12.4. The zero-order valence-electron chi connectivity index (χ0n) is 26.6. The van der Waals surface area contributed by atoms with Crippen LogP contribution < -0.4 is 8.48 Å². The topological polar surface area (TPSA) is 49.6 Å². The normalized spacial score (nSPS) is 14.8. The van der Waals surface area contributed by atoms with E-state index >= 15 is 0 Å². The molecule has 0 atom stereocenters. The first-order valence-corrected chi connectivity index (χ1v) is 24.1. The van der Waals surface area contributed by atoms with Gasteiger partial charge >= 0.3 is 235 Å².